The first-order chi connectivity index (χ1) is 6.60. The Hall–Kier alpha value is -0.0600. The van der Waals surface area contributed by atoms with Crippen molar-refractivity contribution < 1.29 is 9.90 Å². The summed E-state index contributed by atoms with van der Waals surface area (Å²) in [5.41, 5.74) is -0.604. The van der Waals surface area contributed by atoms with Crippen LogP contribution < -0.4 is 0 Å². The molecule has 0 radical (unpaired) electrons. The molecule has 0 spiro atoms. The summed E-state index contributed by atoms with van der Waals surface area (Å²) in [5.74, 6) is 0.989. The van der Waals surface area contributed by atoms with E-state index in [9.17, 15) is 9.90 Å². The Morgan fingerprint density at radius 3 is 2.64 bits per heavy atom. The number of hydrogen-bond donors (Lipinski definition) is 1. The van der Waals surface area contributed by atoms with Gasteiger partial charge in [0.25, 0.3) is 0 Å². The van der Waals surface area contributed by atoms with Gasteiger partial charge in [-0.2, -0.15) is 0 Å². The van der Waals surface area contributed by atoms with Crippen LogP contribution in [0.1, 0.15) is 19.8 Å². The summed E-state index contributed by atoms with van der Waals surface area (Å²) in [6.07, 6.45) is 2.18. The molecule has 0 aromatic rings. The van der Waals surface area contributed by atoms with Gasteiger partial charge in [-0.3, -0.25) is 4.79 Å². The molecule has 0 aromatic carbocycles. The zero-order valence-corrected chi connectivity index (χ0v) is 9.35. The van der Waals surface area contributed by atoms with Crippen molar-refractivity contribution in [3.63, 3.8) is 0 Å². The van der Waals surface area contributed by atoms with Gasteiger partial charge >= 0.3 is 0 Å². The van der Waals surface area contributed by atoms with Crippen LogP contribution in [0.2, 0.25) is 0 Å². The van der Waals surface area contributed by atoms with Crippen LogP contribution in [0.15, 0.2) is 0 Å². The van der Waals surface area contributed by atoms with Crippen molar-refractivity contribution in [3.8, 4) is 0 Å². The van der Waals surface area contributed by atoms with E-state index < -0.39 is 5.60 Å². The van der Waals surface area contributed by atoms with Crippen LogP contribution in [-0.4, -0.2) is 46.1 Å². The molecule has 0 aromatic heterocycles. The molecule has 3 saturated heterocycles. The molecule has 0 saturated carbocycles. The van der Waals surface area contributed by atoms with Crippen molar-refractivity contribution in [1.29, 1.82) is 0 Å². The number of fused-ring (bicyclic) bond motifs is 3. The fourth-order valence-electron chi connectivity index (χ4n) is 2.53. The van der Waals surface area contributed by atoms with Gasteiger partial charge in [0.2, 0.25) is 0 Å². The maximum Gasteiger partial charge on any atom is 0.185 e. The van der Waals surface area contributed by atoms with Crippen LogP contribution in [0.3, 0.4) is 0 Å². The third kappa shape index (κ3) is 1.97. The van der Waals surface area contributed by atoms with Gasteiger partial charge in [0.05, 0.1) is 5.60 Å². The van der Waals surface area contributed by atoms with Gasteiger partial charge < -0.3 is 10.0 Å². The SMILES string of the molecule is CC(=O)SCC1(O)CN2CCC1CC2. The lowest BCUT2D eigenvalue weighted by Gasteiger charge is -2.50. The summed E-state index contributed by atoms with van der Waals surface area (Å²) in [5, 5.41) is 10.5. The highest BCUT2D eigenvalue weighted by Gasteiger charge is 2.45. The summed E-state index contributed by atoms with van der Waals surface area (Å²) in [4.78, 5) is 13.2. The van der Waals surface area contributed by atoms with Crippen LogP contribution >= 0.6 is 11.8 Å². The van der Waals surface area contributed by atoms with E-state index in [0.717, 1.165) is 32.5 Å². The lowest BCUT2D eigenvalue weighted by Crippen LogP contribution is -2.60. The highest BCUT2D eigenvalue weighted by molar-refractivity contribution is 8.13. The monoisotopic (exact) mass is 215 g/mol. The summed E-state index contributed by atoms with van der Waals surface area (Å²) in [7, 11) is 0. The molecule has 3 heterocycles. The zero-order chi connectivity index (χ0) is 10.2. The number of rotatable bonds is 2. The molecular weight excluding hydrogens is 198 g/mol. The molecule has 3 aliphatic rings. The van der Waals surface area contributed by atoms with Crippen LogP contribution in [-0.2, 0) is 4.79 Å². The standard InChI is InChI=1S/C10H17NO2S/c1-8(12)14-7-10(13)6-11-4-2-9(10)3-5-11/h9,13H,2-7H2,1H3. The van der Waals surface area contributed by atoms with E-state index in [1.54, 1.807) is 6.92 Å². The number of carbonyl (C=O) groups excluding carboxylic acids is 1. The van der Waals surface area contributed by atoms with Crippen molar-refractivity contribution in [2.45, 2.75) is 25.4 Å². The number of aliphatic hydroxyl groups is 1. The first-order valence-corrected chi connectivity index (χ1v) is 6.17. The zero-order valence-electron chi connectivity index (χ0n) is 8.53. The number of piperidine rings is 3. The predicted molar refractivity (Wildman–Crippen MR) is 57.3 cm³/mol. The van der Waals surface area contributed by atoms with Gasteiger partial charge in [0.1, 0.15) is 0 Å². The maximum absolute atomic E-state index is 10.9. The highest BCUT2D eigenvalue weighted by Crippen LogP contribution is 2.37. The Morgan fingerprint density at radius 2 is 2.21 bits per heavy atom. The van der Waals surface area contributed by atoms with Crippen molar-refractivity contribution in [3.05, 3.63) is 0 Å². The van der Waals surface area contributed by atoms with Crippen molar-refractivity contribution >= 4 is 16.9 Å². The molecule has 2 bridgehead atoms. The topological polar surface area (TPSA) is 40.5 Å². The van der Waals surface area contributed by atoms with Crippen molar-refractivity contribution in [2.75, 3.05) is 25.4 Å². The van der Waals surface area contributed by atoms with Gasteiger partial charge in [-0.1, -0.05) is 11.8 Å². The second kappa shape index (κ2) is 3.83. The minimum Gasteiger partial charge on any atom is -0.387 e. The Kier molecular flexibility index (Phi) is 2.86. The molecule has 4 heteroatoms. The van der Waals surface area contributed by atoms with Crippen LogP contribution in [0.4, 0.5) is 0 Å². The van der Waals surface area contributed by atoms with E-state index >= 15 is 0 Å². The summed E-state index contributed by atoms with van der Waals surface area (Å²) >= 11 is 1.26. The molecule has 80 valence electrons. The predicted octanol–water partition coefficient (Wildman–Crippen LogP) is 0.723. The second-order valence-corrected chi connectivity index (χ2v) is 5.59. The largest absolute Gasteiger partial charge is 0.387 e. The van der Waals surface area contributed by atoms with Crippen molar-refractivity contribution in [1.82, 2.24) is 4.90 Å². The minimum absolute atomic E-state index is 0.106. The molecular formula is C10H17NO2S. The maximum atomic E-state index is 10.9. The fourth-order valence-corrected chi connectivity index (χ4v) is 3.32. The number of nitrogens with zero attached hydrogens (tertiary/aromatic N) is 1. The minimum atomic E-state index is -0.604. The van der Waals surface area contributed by atoms with E-state index in [-0.39, 0.29) is 5.12 Å². The molecule has 1 atom stereocenters. The van der Waals surface area contributed by atoms with Gasteiger partial charge in [0.15, 0.2) is 5.12 Å². The van der Waals surface area contributed by atoms with E-state index in [4.69, 9.17) is 0 Å². The quantitative estimate of drug-likeness (QED) is 0.737. The van der Waals surface area contributed by atoms with Crippen LogP contribution in [0.25, 0.3) is 0 Å². The van der Waals surface area contributed by atoms with Crippen molar-refractivity contribution in [2.24, 2.45) is 5.92 Å². The summed E-state index contributed by atoms with van der Waals surface area (Å²) in [6, 6.07) is 0. The molecule has 0 aliphatic carbocycles. The average Bonchev–Trinajstić information content (AvgIpc) is 2.16. The molecule has 3 nitrogen and oxygen atoms in total. The third-order valence-electron chi connectivity index (χ3n) is 3.37. The third-order valence-corrected chi connectivity index (χ3v) is 4.42. The Morgan fingerprint density at radius 1 is 1.57 bits per heavy atom. The number of thioether (sulfide) groups is 1. The van der Waals surface area contributed by atoms with Gasteiger partial charge in [-0.05, 0) is 31.8 Å². The van der Waals surface area contributed by atoms with E-state index in [1.807, 2.05) is 0 Å². The first-order valence-electron chi connectivity index (χ1n) is 5.18. The molecule has 1 N–H and O–H groups in total. The lowest BCUT2D eigenvalue weighted by molar-refractivity contribution is -0.110. The van der Waals surface area contributed by atoms with Gasteiger partial charge in [0, 0.05) is 19.2 Å². The average molecular weight is 215 g/mol. The normalized spacial score (nSPS) is 41.3. The van der Waals surface area contributed by atoms with Gasteiger partial charge in [-0.15, -0.1) is 0 Å². The lowest BCUT2D eigenvalue weighted by atomic mass is 9.76. The van der Waals surface area contributed by atoms with E-state index in [1.165, 1.54) is 11.8 Å². The van der Waals surface area contributed by atoms with E-state index in [0.29, 0.717) is 11.7 Å². The van der Waals surface area contributed by atoms with Crippen LogP contribution in [0, 0.1) is 5.92 Å². The molecule has 3 aliphatic heterocycles. The molecule has 3 rings (SSSR count). The van der Waals surface area contributed by atoms with Crippen LogP contribution in [0.5, 0.6) is 0 Å². The number of carbonyl (C=O) groups is 1. The fraction of sp³-hybridized carbons (Fsp3) is 0.900. The molecule has 0 amide bonds. The first kappa shape index (κ1) is 10.5. The molecule has 1 unspecified atom stereocenters. The highest BCUT2D eigenvalue weighted by atomic mass is 32.2. The molecule has 3 fully saturated rings. The van der Waals surface area contributed by atoms with Gasteiger partial charge in [-0.25, -0.2) is 0 Å². The Bertz CT molecular complexity index is 238. The Labute approximate surface area is 88.9 Å². The summed E-state index contributed by atoms with van der Waals surface area (Å²) in [6.45, 7) is 4.57. The van der Waals surface area contributed by atoms with E-state index in [2.05, 4.69) is 4.90 Å². The number of hydrogen-bond acceptors (Lipinski definition) is 4. The smallest absolute Gasteiger partial charge is 0.185 e. The molecule has 14 heavy (non-hydrogen) atoms. The summed E-state index contributed by atoms with van der Waals surface area (Å²) < 4.78 is 0. The second-order valence-electron chi connectivity index (χ2n) is 4.43. The Balaban J connectivity index is 1.97.